The van der Waals surface area contributed by atoms with Crippen LogP contribution in [0.5, 0.6) is 0 Å². The van der Waals surface area contributed by atoms with Gasteiger partial charge in [-0.15, -0.1) is 0 Å². The first kappa shape index (κ1) is 13.9. The van der Waals surface area contributed by atoms with Crippen LogP contribution in [-0.2, 0) is 4.79 Å². The third-order valence-electron chi connectivity index (χ3n) is 3.67. The van der Waals surface area contributed by atoms with Gasteiger partial charge in [0.15, 0.2) is 11.6 Å². The smallest absolute Gasteiger partial charge is 0.331 e. The minimum Gasteiger partial charge on any atom is -0.478 e. The Morgan fingerprint density at radius 3 is 2.05 bits per heavy atom. The van der Waals surface area contributed by atoms with Gasteiger partial charge in [0.05, 0.1) is 0 Å². The highest BCUT2D eigenvalue weighted by molar-refractivity contribution is 6.28. The third-order valence-corrected chi connectivity index (χ3v) is 3.67. The molecule has 1 N–H and O–H groups in total. The number of rotatable bonds is 2. The predicted molar refractivity (Wildman–Crippen MR) is 81.0 cm³/mol. The third kappa shape index (κ3) is 2.15. The Balaban J connectivity index is 2.14. The van der Waals surface area contributed by atoms with E-state index in [-0.39, 0.29) is 17.1 Å². The fourth-order valence-corrected chi connectivity index (χ4v) is 2.52. The van der Waals surface area contributed by atoms with Crippen LogP contribution < -0.4 is 0 Å². The van der Waals surface area contributed by atoms with Crippen LogP contribution in [0.1, 0.15) is 44.3 Å². The fourth-order valence-electron chi connectivity index (χ4n) is 2.52. The first-order valence-electron chi connectivity index (χ1n) is 6.73. The van der Waals surface area contributed by atoms with E-state index in [2.05, 4.69) is 0 Å². The highest BCUT2D eigenvalue weighted by Gasteiger charge is 2.29. The van der Waals surface area contributed by atoms with Crippen LogP contribution in [0.3, 0.4) is 0 Å². The number of hydrogen-bond donors (Lipinski definition) is 1. The molecule has 0 saturated carbocycles. The van der Waals surface area contributed by atoms with E-state index in [1.54, 1.807) is 42.5 Å². The van der Waals surface area contributed by atoms with Crippen molar-refractivity contribution >= 4 is 23.6 Å². The van der Waals surface area contributed by atoms with Gasteiger partial charge in [-0.25, -0.2) is 4.79 Å². The van der Waals surface area contributed by atoms with Crippen molar-refractivity contribution in [2.75, 3.05) is 0 Å². The van der Waals surface area contributed by atoms with Crippen molar-refractivity contribution in [1.82, 2.24) is 0 Å². The van der Waals surface area contributed by atoms with Crippen LogP contribution in [0.4, 0.5) is 0 Å². The highest BCUT2D eigenvalue weighted by Crippen LogP contribution is 2.28. The highest BCUT2D eigenvalue weighted by atomic mass is 16.4. The van der Waals surface area contributed by atoms with E-state index in [1.165, 1.54) is 13.0 Å². The molecule has 1 aliphatic rings. The number of fused-ring (bicyclic) bond motifs is 2. The topological polar surface area (TPSA) is 71.4 Å². The largest absolute Gasteiger partial charge is 0.478 e. The number of carbonyl (C=O) groups is 3. The molecule has 0 aliphatic heterocycles. The number of carbonyl (C=O) groups excluding carboxylic acids is 2. The lowest BCUT2D eigenvalue weighted by Crippen LogP contribution is -2.20. The summed E-state index contributed by atoms with van der Waals surface area (Å²) in [5.74, 6) is -1.42. The Bertz CT molecular complexity index is 859. The average molecular weight is 292 g/mol. The Morgan fingerprint density at radius 1 is 0.909 bits per heavy atom. The van der Waals surface area contributed by atoms with Crippen LogP contribution >= 0.6 is 0 Å². The van der Waals surface area contributed by atoms with Crippen molar-refractivity contribution < 1.29 is 19.5 Å². The van der Waals surface area contributed by atoms with Gasteiger partial charge in [-0.05, 0) is 30.7 Å². The number of aliphatic carboxylic acids is 1. The molecule has 22 heavy (non-hydrogen) atoms. The Kier molecular flexibility index (Phi) is 3.22. The maximum absolute atomic E-state index is 12.5. The minimum atomic E-state index is -1.02. The van der Waals surface area contributed by atoms with E-state index in [4.69, 9.17) is 5.11 Å². The molecule has 4 nitrogen and oxygen atoms in total. The maximum Gasteiger partial charge on any atom is 0.331 e. The lowest BCUT2D eigenvalue weighted by atomic mass is 9.83. The first-order chi connectivity index (χ1) is 10.5. The van der Waals surface area contributed by atoms with Crippen molar-refractivity contribution in [3.8, 4) is 0 Å². The SMILES string of the molecule is CC(=Cc1ccc2c(c1)C(=O)c1ccccc1C2=O)C(=O)O. The summed E-state index contributed by atoms with van der Waals surface area (Å²) in [6.07, 6.45) is 1.47. The quantitative estimate of drug-likeness (QED) is 0.737. The molecule has 4 heteroatoms. The molecule has 0 heterocycles. The van der Waals surface area contributed by atoms with E-state index >= 15 is 0 Å². The summed E-state index contributed by atoms with van der Waals surface area (Å²) in [5, 5.41) is 8.92. The van der Waals surface area contributed by atoms with Crippen LogP contribution in [0, 0.1) is 0 Å². The zero-order chi connectivity index (χ0) is 15.9. The summed E-state index contributed by atoms with van der Waals surface area (Å²) in [7, 11) is 0. The van der Waals surface area contributed by atoms with Gasteiger partial charge in [0.25, 0.3) is 0 Å². The average Bonchev–Trinajstić information content (AvgIpc) is 2.52. The van der Waals surface area contributed by atoms with Gasteiger partial charge in [-0.2, -0.15) is 0 Å². The van der Waals surface area contributed by atoms with Gasteiger partial charge >= 0.3 is 5.97 Å². The lowest BCUT2D eigenvalue weighted by molar-refractivity contribution is -0.132. The molecule has 1 aliphatic carbocycles. The number of carboxylic acid groups (broad SMARTS) is 1. The van der Waals surface area contributed by atoms with Crippen molar-refractivity contribution in [3.05, 3.63) is 75.9 Å². The molecule has 0 saturated heterocycles. The molecule has 0 atom stereocenters. The predicted octanol–water partition coefficient (Wildman–Crippen LogP) is 2.95. The number of carboxylic acids is 1. The Morgan fingerprint density at radius 2 is 1.45 bits per heavy atom. The molecule has 0 aromatic heterocycles. The lowest BCUT2D eigenvalue weighted by Gasteiger charge is -2.17. The van der Waals surface area contributed by atoms with Gasteiger partial charge < -0.3 is 5.11 Å². The van der Waals surface area contributed by atoms with Gasteiger partial charge in [0.1, 0.15) is 0 Å². The van der Waals surface area contributed by atoms with Gasteiger partial charge in [-0.3, -0.25) is 9.59 Å². The van der Waals surface area contributed by atoms with Crippen molar-refractivity contribution in [2.45, 2.75) is 6.92 Å². The summed E-state index contributed by atoms with van der Waals surface area (Å²) in [6.45, 7) is 1.48. The minimum absolute atomic E-state index is 0.162. The summed E-state index contributed by atoms with van der Waals surface area (Å²) < 4.78 is 0. The maximum atomic E-state index is 12.5. The molecular weight excluding hydrogens is 280 g/mol. The molecule has 2 aromatic carbocycles. The molecule has 3 rings (SSSR count). The van der Waals surface area contributed by atoms with Crippen LogP contribution in [0.15, 0.2) is 48.0 Å². The second-order valence-electron chi connectivity index (χ2n) is 5.14. The molecule has 0 radical (unpaired) electrons. The number of ketones is 2. The molecule has 2 aromatic rings. The normalized spacial score (nSPS) is 13.6. The van der Waals surface area contributed by atoms with Crippen LogP contribution in [-0.4, -0.2) is 22.6 Å². The summed E-state index contributed by atoms with van der Waals surface area (Å²) in [4.78, 5) is 35.9. The van der Waals surface area contributed by atoms with E-state index in [0.717, 1.165) is 0 Å². The number of benzene rings is 2. The molecule has 0 amide bonds. The summed E-state index contributed by atoms with van der Waals surface area (Å²) in [6, 6.07) is 11.5. The second-order valence-corrected chi connectivity index (χ2v) is 5.14. The van der Waals surface area contributed by atoms with E-state index in [1.807, 2.05) is 0 Å². The molecule has 0 fully saturated rings. The van der Waals surface area contributed by atoms with Crippen LogP contribution in [0.2, 0.25) is 0 Å². The van der Waals surface area contributed by atoms with Gasteiger partial charge in [0, 0.05) is 27.8 Å². The molecule has 0 unspecified atom stereocenters. The van der Waals surface area contributed by atoms with E-state index < -0.39 is 5.97 Å². The Labute approximate surface area is 126 Å². The zero-order valence-electron chi connectivity index (χ0n) is 11.8. The number of hydrogen-bond acceptors (Lipinski definition) is 3. The summed E-state index contributed by atoms with van der Waals surface area (Å²) in [5.41, 5.74) is 2.21. The molecule has 0 bridgehead atoms. The second kappa shape index (κ2) is 5.07. The standard InChI is InChI=1S/C18H12O4/c1-10(18(21)22)8-11-6-7-14-15(9-11)17(20)13-5-3-2-4-12(13)16(14)19/h2-9H,1H3,(H,21,22). The molecule has 108 valence electrons. The zero-order valence-corrected chi connectivity index (χ0v) is 11.8. The van der Waals surface area contributed by atoms with Crippen molar-refractivity contribution in [3.63, 3.8) is 0 Å². The summed E-state index contributed by atoms with van der Waals surface area (Å²) >= 11 is 0. The van der Waals surface area contributed by atoms with Crippen molar-refractivity contribution in [1.29, 1.82) is 0 Å². The first-order valence-corrected chi connectivity index (χ1v) is 6.73. The van der Waals surface area contributed by atoms with E-state index in [9.17, 15) is 14.4 Å². The molecule has 0 spiro atoms. The molecular formula is C18H12O4. The van der Waals surface area contributed by atoms with Gasteiger partial charge in [-0.1, -0.05) is 30.3 Å². The fraction of sp³-hybridized carbons (Fsp3) is 0.0556. The van der Waals surface area contributed by atoms with Crippen molar-refractivity contribution in [2.24, 2.45) is 0 Å². The van der Waals surface area contributed by atoms with Gasteiger partial charge in [0.2, 0.25) is 0 Å². The van der Waals surface area contributed by atoms with E-state index in [0.29, 0.717) is 27.8 Å². The van der Waals surface area contributed by atoms with Crippen LogP contribution in [0.25, 0.3) is 6.08 Å². The monoisotopic (exact) mass is 292 g/mol. The Hall–Kier alpha value is -3.01.